The van der Waals surface area contributed by atoms with Crippen LogP contribution in [0.1, 0.15) is 54.4 Å². The van der Waals surface area contributed by atoms with E-state index in [9.17, 15) is 4.79 Å². The normalized spacial score (nSPS) is 20.8. The summed E-state index contributed by atoms with van der Waals surface area (Å²) in [5.74, 6) is 1.20. The first-order chi connectivity index (χ1) is 9.72. The highest BCUT2D eigenvalue weighted by molar-refractivity contribution is 9.09. The van der Waals surface area contributed by atoms with Crippen LogP contribution in [0.25, 0.3) is 0 Å². The number of carbonyl (C=O) groups excluding carboxylic acids is 1. The molecule has 0 bridgehead atoms. The standard InChI is InChI=1S/C17H21BrO2/c18-11-17(8-1-2-9-17)12-20-14-6-7-15-13(10-14)4-3-5-16(15)19/h6-7,10H,1-5,8-9,11-12H2. The zero-order chi connectivity index (χ0) is 14.0. The third-order valence-electron chi connectivity index (χ3n) is 4.72. The SMILES string of the molecule is O=C1CCCc2cc(OCC3(CBr)CCCC3)ccc21. The molecule has 0 saturated heterocycles. The lowest BCUT2D eigenvalue weighted by Gasteiger charge is -2.26. The second kappa shape index (κ2) is 5.88. The lowest BCUT2D eigenvalue weighted by atomic mass is 9.89. The molecule has 1 aromatic carbocycles. The number of carbonyl (C=O) groups is 1. The molecule has 0 unspecified atom stereocenters. The summed E-state index contributed by atoms with van der Waals surface area (Å²) in [5, 5.41) is 1.02. The number of Topliss-reactive ketones (excluding diaryl/α,β-unsaturated/α-hetero) is 1. The first kappa shape index (κ1) is 14.1. The summed E-state index contributed by atoms with van der Waals surface area (Å²) < 4.78 is 6.04. The summed E-state index contributed by atoms with van der Waals surface area (Å²) in [6.45, 7) is 0.783. The Kier molecular flexibility index (Phi) is 4.16. The molecule has 0 aliphatic heterocycles. The summed E-state index contributed by atoms with van der Waals surface area (Å²) in [6.07, 6.45) is 7.80. The maximum atomic E-state index is 11.8. The van der Waals surface area contributed by atoms with Gasteiger partial charge in [-0.25, -0.2) is 0 Å². The minimum atomic E-state index is 0.283. The van der Waals surface area contributed by atoms with E-state index in [1.807, 2.05) is 12.1 Å². The number of halogens is 1. The fraction of sp³-hybridized carbons (Fsp3) is 0.588. The van der Waals surface area contributed by atoms with Crippen LogP contribution < -0.4 is 4.74 Å². The Hall–Kier alpha value is -0.830. The van der Waals surface area contributed by atoms with Crippen molar-refractivity contribution >= 4 is 21.7 Å². The Labute approximate surface area is 129 Å². The van der Waals surface area contributed by atoms with Crippen LogP contribution in [0.5, 0.6) is 5.75 Å². The predicted octanol–water partition coefficient (Wildman–Crippen LogP) is 4.54. The van der Waals surface area contributed by atoms with E-state index in [0.717, 1.165) is 41.7 Å². The molecule has 0 aromatic heterocycles. The Morgan fingerprint density at radius 3 is 2.70 bits per heavy atom. The van der Waals surface area contributed by atoms with E-state index < -0.39 is 0 Å². The number of benzene rings is 1. The third kappa shape index (κ3) is 2.78. The van der Waals surface area contributed by atoms with E-state index in [4.69, 9.17) is 4.74 Å². The van der Waals surface area contributed by atoms with Crippen molar-refractivity contribution in [3.05, 3.63) is 29.3 Å². The molecule has 2 nitrogen and oxygen atoms in total. The Morgan fingerprint density at radius 1 is 1.15 bits per heavy atom. The van der Waals surface area contributed by atoms with Crippen LogP contribution in [-0.2, 0) is 6.42 Å². The molecule has 3 rings (SSSR count). The van der Waals surface area contributed by atoms with Gasteiger partial charge in [0.05, 0.1) is 6.61 Å². The monoisotopic (exact) mass is 336 g/mol. The van der Waals surface area contributed by atoms with Gasteiger partial charge in [-0.3, -0.25) is 4.79 Å². The molecule has 0 spiro atoms. The van der Waals surface area contributed by atoms with Crippen LogP contribution in [0.3, 0.4) is 0 Å². The number of hydrogen-bond donors (Lipinski definition) is 0. The van der Waals surface area contributed by atoms with Crippen LogP contribution >= 0.6 is 15.9 Å². The van der Waals surface area contributed by atoms with Gasteiger partial charge in [-0.15, -0.1) is 0 Å². The van der Waals surface area contributed by atoms with Gasteiger partial charge in [0.15, 0.2) is 5.78 Å². The van der Waals surface area contributed by atoms with E-state index >= 15 is 0 Å². The topological polar surface area (TPSA) is 26.3 Å². The lowest BCUT2D eigenvalue weighted by molar-refractivity contribution is 0.0972. The van der Waals surface area contributed by atoms with Crippen LogP contribution in [0.2, 0.25) is 0 Å². The molecule has 2 aliphatic carbocycles. The van der Waals surface area contributed by atoms with Gasteiger partial charge in [-0.1, -0.05) is 28.8 Å². The molecule has 108 valence electrons. The Bertz CT molecular complexity index is 504. The number of fused-ring (bicyclic) bond motifs is 1. The molecule has 1 aromatic rings. The van der Waals surface area contributed by atoms with E-state index in [1.165, 1.54) is 25.7 Å². The van der Waals surface area contributed by atoms with Crippen molar-refractivity contribution in [2.45, 2.75) is 44.9 Å². The van der Waals surface area contributed by atoms with Gasteiger partial charge in [0.1, 0.15) is 5.75 Å². The Morgan fingerprint density at radius 2 is 1.95 bits per heavy atom. The first-order valence-electron chi connectivity index (χ1n) is 7.57. The third-order valence-corrected chi connectivity index (χ3v) is 5.91. The van der Waals surface area contributed by atoms with Crippen molar-refractivity contribution in [1.29, 1.82) is 0 Å². The van der Waals surface area contributed by atoms with Gasteiger partial charge >= 0.3 is 0 Å². The number of ketones is 1. The summed E-state index contributed by atoms with van der Waals surface area (Å²) in [4.78, 5) is 11.8. The van der Waals surface area contributed by atoms with Gasteiger partial charge in [0, 0.05) is 22.7 Å². The number of rotatable bonds is 4. The van der Waals surface area contributed by atoms with Crippen LogP contribution in [0.4, 0.5) is 0 Å². The molecule has 2 aliphatic rings. The minimum absolute atomic E-state index is 0.283. The molecule has 3 heteroatoms. The molecule has 0 N–H and O–H groups in total. The maximum Gasteiger partial charge on any atom is 0.163 e. The zero-order valence-corrected chi connectivity index (χ0v) is 13.4. The average molecular weight is 337 g/mol. The molecule has 20 heavy (non-hydrogen) atoms. The molecule has 1 fully saturated rings. The van der Waals surface area contributed by atoms with Crippen molar-refractivity contribution in [2.75, 3.05) is 11.9 Å². The smallest absolute Gasteiger partial charge is 0.163 e. The molecular formula is C17H21BrO2. The number of hydrogen-bond acceptors (Lipinski definition) is 2. The molecule has 0 heterocycles. The fourth-order valence-electron chi connectivity index (χ4n) is 3.39. The van der Waals surface area contributed by atoms with E-state index in [1.54, 1.807) is 0 Å². The highest BCUT2D eigenvalue weighted by atomic mass is 79.9. The summed E-state index contributed by atoms with van der Waals surface area (Å²) in [7, 11) is 0. The highest BCUT2D eigenvalue weighted by Gasteiger charge is 2.33. The summed E-state index contributed by atoms with van der Waals surface area (Å²) in [5.41, 5.74) is 2.38. The van der Waals surface area contributed by atoms with Crippen molar-refractivity contribution in [2.24, 2.45) is 5.41 Å². The minimum Gasteiger partial charge on any atom is -0.493 e. The second-order valence-electron chi connectivity index (χ2n) is 6.23. The van der Waals surface area contributed by atoms with Gasteiger partial charge in [0.25, 0.3) is 0 Å². The van der Waals surface area contributed by atoms with Crippen LogP contribution in [-0.4, -0.2) is 17.7 Å². The first-order valence-corrected chi connectivity index (χ1v) is 8.70. The number of alkyl halides is 1. The van der Waals surface area contributed by atoms with Gasteiger partial charge < -0.3 is 4.74 Å². The largest absolute Gasteiger partial charge is 0.493 e. The Balaban J connectivity index is 1.70. The molecule has 0 amide bonds. The number of ether oxygens (including phenoxy) is 1. The highest BCUT2D eigenvalue weighted by Crippen LogP contribution is 2.40. The summed E-state index contributed by atoms with van der Waals surface area (Å²) in [6, 6.07) is 5.98. The predicted molar refractivity (Wildman–Crippen MR) is 83.9 cm³/mol. The maximum absolute atomic E-state index is 11.8. The molecular weight excluding hydrogens is 316 g/mol. The van der Waals surface area contributed by atoms with E-state index in [-0.39, 0.29) is 5.78 Å². The zero-order valence-electron chi connectivity index (χ0n) is 11.8. The van der Waals surface area contributed by atoms with E-state index in [2.05, 4.69) is 22.0 Å². The average Bonchev–Trinajstić information content (AvgIpc) is 2.95. The van der Waals surface area contributed by atoms with Crippen LogP contribution in [0.15, 0.2) is 18.2 Å². The van der Waals surface area contributed by atoms with Crippen molar-refractivity contribution < 1.29 is 9.53 Å². The van der Waals surface area contributed by atoms with Crippen molar-refractivity contribution in [3.8, 4) is 5.75 Å². The molecule has 0 radical (unpaired) electrons. The fourth-order valence-corrected chi connectivity index (χ4v) is 4.11. The van der Waals surface area contributed by atoms with E-state index in [0.29, 0.717) is 11.8 Å². The molecule has 1 saturated carbocycles. The van der Waals surface area contributed by atoms with Gasteiger partial charge in [0.2, 0.25) is 0 Å². The van der Waals surface area contributed by atoms with Gasteiger partial charge in [-0.2, -0.15) is 0 Å². The van der Waals surface area contributed by atoms with Crippen molar-refractivity contribution in [1.82, 2.24) is 0 Å². The summed E-state index contributed by atoms with van der Waals surface area (Å²) >= 11 is 3.65. The number of aryl methyl sites for hydroxylation is 1. The van der Waals surface area contributed by atoms with Crippen molar-refractivity contribution in [3.63, 3.8) is 0 Å². The second-order valence-corrected chi connectivity index (χ2v) is 6.79. The lowest BCUT2D eigenvalue weighted by Crippen LogP contribution is -2.27. The van der Waals surface area contributed by atoms with Crippen LogP contribution in [0, 0.1) is 5.41 Å². The molecule has 0 atom stereocenters. The quantitative estimate of drug-likeness (QED) is 0.754. The van der Waals surface area contributed by atoms with Gasteiger partial charge in [-0.05, 0) is 49.4 Å².